The fourth-order valence-electron chi connectivity index (χ4n) is 1.60. The molecule has 0 aromatic heterocycles. The second-order valence-electron chi connectivity index (χ2n) is 4.19. The van der Waals surface area contributed by atoms with Crippen molar-refractivity contribution < 1.29 is 19.4 Å². The van der Waals surface area contributed by atoms with Gasteiger partial charge in [0.25, 0.3) is 5.91 Å². The van der Waals surface area contributed by atoms with E-state index in [0.29, 0.717) is 11.3 Å². The Balaban J connectivity index is 2.73. The van der Waals surface area contributed by atoms with Crippen LogP contribution in [0.4, 0.5) is 0 Å². The first-order chi connectivity index (χ1) is 9.97. The third-order valence-corrected chi connectivity index (χ3v) is 2.56. The van der Waals surface area contributed by atoms with Gasteiger partial charge in [0, 0.05) is 0 Å². The summed E-state index contributed by atoms with van der Waals surface area (Å²) in [6.45, 7) is 0.919. The summed E-state index contributed by atoms with van der Waals surface area (Å²) in [7, 11) is 0. The zero-order valence-corrected chi connectivity index (χ0v) is 11.4. The first-order valence-electron chi connectivity index (χ1n) is 6.08. The summed E-state index contributed by atoms with van der Waals surface area (Å²) in [6.07, 6.45) is 4.24. The number of terminal acetylenes is 1. The van der Waals surface area contributed by atoms with E-state index in [4.69, 9.17) is 21.5 Å². The minimum atomic E-state index is -1.15. The van der Waals surface area contributed by atoms with Gasteiger partial charge in [0.2, 0.25) is 0 Å². The second kappa shape index (κ2) is 7.56. The number of benzene rings is 1. The largest absolute Gasteiger partial charge is 0.481 e. The van der Waals surface area contributed by atoms with Crippen LogP contribution in [0.2, 0.25) is 0 Å². The van der Waals surface area contributed by atoms with Crippen LogP contribution in [0.3, 0.4) is 0 Å². The van der Waals surface area contributed by atoms with E-state index < -0.39 is 24.5 Å². The summed E-state index contributed by atoms with van der Waals surface area (Å²) < 4.78 is 5.42. The van der Waals surface area contributed by atoms with E-state index in [9.17, 15) is 9.59 Å². The lowest BCUT2D eigenvalue weighted by atomic mass is 10.2. The third kappa shape index (κ3) is 4.88. The van der Waals surface area contributed by atoms with Crippen LogP contribution in [-0.4, -0.2) is 41.1 Å². The van der Waals surface area contributed by atoms with Crippen molar-refractivity contribution in [2.24, 2.45) is 0 Å². The molecule has 1 amide bonds. The van der Waals surface area contributed by atoms with E-state index in [1.54, 1.807) is 24.3 Å². The van der Waals surface area contributed by atoms with Gasteiger partial charge in [-0.25, -0.2) is 0 Å². The highest BCUT2D eigenvalue weighted by Crippen LogP contribution is 2.14. The van der Waals surface area contributed by atoms with Gasteiger partial charge in [-0.05, 0) is 31.2 Å². The van der Waals surface area contributed by atoms with Crippen LogP contribution in [0.25, 0.3) is 0 Å². The fraction of sp³-hybridized carbons (Fsp3) is 0.267. The quantitative estimate of drug-likeness (QED) is 0.784. The second-order valence-corrected chi connectivity index (χ2v) is 4.19. The number of rotatable bonds is 6. The van der Waals surface area contributed by atoms with Gasteiger partial charge in [0.15, 0.2) is 6.10 Å². The Morgan fingerprint density at radius 2 is 2.05 bits per heavy atom. The predicted molar refractivity (Wildman–Crippen MR) is 74.3 cm³/mol. The zero-order valence-electron chi connectivity index (χ0n) is 11.4. The van der Waals surface area contributed by atoms with E-state index in [1.807, 2.05) is 6.07 Å². The van der Waals surface area contributed by atoms with Gasteiger partial charge in [-0.3, -0.25) is 9.59 Å². The van der Waals surface area contributed by atoms with Gasteiger partial charge in [-0.15, -0.1) is 6.42 Å². The van der Waals surface area contributed by atoms with Crippen molar-refractivity contribution in [2.45, 2.75) is 13.0 Å². The molecule has 0 spiro atoms. The molecule has 6 nitrogen and oxygen atoms in total. The molecule has 0 aliphatic carbocycles. The molecule has 0 fully saturated rings. The lowest BCUT2D eigenvalue weighted by Gasteiger charge is -2.22. The Hall–Kier alpha value is -2.99. The molecule has 0 aliphatic rings. The highest BCUT2D eigenvalue weighted by Gasteiger charge is 2.23. The van der Waals surface area contributed by atoms with Crippen LogP contribution in [0.15, 0.2) is 24.3 Å². The number of hydrogen-bond donors (Lipinski definition) is 1. The Morgan fingerprint density at radius 3 is 2.52 bits per heavy atom. The van der Waals surface area contributed by atoms with Gasteiger partial charge >= 0.3 is 5.97 Å². The maximum Gasteiger partial charge on any atom is 0.323 e. The third-order valence-electron chi connectivity index (χ3n) is 2.56. The molecule has 0 heterocycles. The summed E-state index contributed by atoms with van der Waals surface area (Å²) in [4.78, 5) is 23.8. The molecule has 6 heteroatoms. The maximum absolute atomic E-state index is 12.1. The van der Waals surface area contributed by atoms with Crippen molar-refractivity contribution in [3.05, 3.63) is 29.8 Å². The van der Waals surface area contributed by atoms with Crippen molar-refractivity contribution in [2.75, 3.05) is 13.1 Å². The summed E-state index contributed by atoms with van der Waals surface area (Å²) in [5, 5.41) is 17.4. The molecule has 0 bridgehead atoms. The summed E-state index contributed by atoms with van der Waals surface area (Å²) >= 11 is 0. The molecule has 1 rings (SSSR count). The van der Waals surface area contributed by atoms with Gasteiger partial charge in [-0.1, -0.05) is 5.92 Å². The number of carbonyl (C=O) groups is 2. The van der Waals surface area contributed by atoms with Crippen molar-refractivity contribution in [1.29, 1.82) is 5.26 Å². The molecule has 1 aromatic rings. The number of aliphatic carboxylic acids is 1. The number of ether oxygens (including phenoxy) is 1. The van der Waals surface area contributed by atoms with E-state index in [1.165, 1.54) is 6.92 Å². The van der Waals surface area contributed by atoms with E-state index in [0.717, 1.165) is 4.90 Å². The van der Waals surface area contributed by atoms with E-state index in [-0.39, 0.29) is 6.54 Å². The number of nitrogens with zero attached hydrogens (tertiary/aromatic N) is 2. The number of hydrogen-bond acceptors (Lipinski definition) is 4. The molecule has 1 aromatic carbocycles. The molecule has 0 aliphatic heterocycles. The molecule has 0 saturated heterocycles. The maximum atomic E-state index is 12.1. The molecular formula is C15H14N2O4. The number of carbonyl (C=O) groups excluding carboxylic acids is 1. The number of amides is 1. The average molecular weight is 286 g/mol. The van der Waals surface area contributed by atoms with Gasteiger partial charge in [-0.2, -0.15) is 5.26 Å². The minimum absolute atomic E-state index is 0.105. The molecule has 1 N–H and O–H groups in total. The van der Waals surface area contributed by atoms with Crippen molar-refractivity contribution in [1.82, 2.24) is 4.90 Å². The van der Waals surface area contributed by atoms with Crippen LogP contribution >= 0.6 is 0 Å². The van der Waals surface area contributed by atoms with Crippen LogP contribution in [-0.2, 0) is 9.59 Å². The molecule has 0 saturated carbocycles. The van der Waals surface area contributed by atoms with Crippen molar-refractivity contribution in [3.63, 3.8) is 0 Å². The van der Waals surface area contributed by atoms with E-state index in [2.05, 4.69) is 5.92 Å². The van der Waals surface area contributed by atoms with Crippen LogP contribution < -0.4 is 4.74 Å². The van der Waals surface area contributed by atoms with Gasteiger partial charge < -0.3 is 14.7 Å². The molecule has 0 radical (unpaired) electrons. The summed E-state index contributed by atoms with van der Waals surface area (Å²) in [5.41, 5.74) is 0.473. The smallest absolute Gasteiger partial charge is 0.323 e. The molecule has 1 unspecified atom stereocenters. The highest BCUT2D eigenvalue weighted by molar-refractivity contribution is 5.84. The Morgan fingerprint density at radius 1 is 1.43 bits per heavy atom. The topological polar surface area (TPSA) is 90.6 Å². The number of carboxylic acids is 1. The molecule has 108 valence electrons. The Kier molecular flexibility index (Phi) is 5.79. The van der Waals surface area contributed by atoms with Gasteiger partial charge in [0.1, 0.15) is 12.3 Å². The van der Waals surface area contributed by atoms with Crippen LogP contribution in [0.1, 0.15) is 12.5 Å². The van der Waals surface area contributed by atoms with Crippen LogP contribution in [0, 0.1) is 23.7 Å². The normalized spacial score (nSPS) is 10.8. The minimum Gasteiger partial charge on any atom is -0.481 e. The first-order valence-corrected chi connectivity index (χ1v) is 6.08. The lowest BCUT2D eigenvalue weighted by Crippen LogP contribution is -2.43. The highest BCUT2D eigenvalue weighted by atomic mass is 16.5. The standard InChI is InChI=1S/C15H14N2O4/c1-3-8-17(10-14(18)19)15(20)11(2)21-13-6-4-12(9-16)5-7-13/h1,4-7,11H,8,10H2,2H3,(H,18,19). The fourth-order valence-corrected chi connectivity index (χ4v) is 1.60. The van der Waals surface area contributed by atoms with Crippen molar-refractivity contribution >= 4 is 11.9 Å². The number of carboxylic acid groups (broad SMARTS) is 1. The molecule has 21 heavy (non-hydrogen) atoms. The molecular weight excluding hydrogens is 272 g/mol. The number of nitriles is 1. The van der Waals surface area contributed by atoms with Crippen LogP contribution in [0.5, 0.6) is 5.75 Å². The monoisotopic (exact) mass is 286 g/mol. The van der Waals surface area contributed by atoms with E-state index >= 15 is 0 Å². The van der Waals surface area contributed by atoms with Crippen molar-refractivity contribution in [3.8, 4) is 24.2 Å². The Labute approximate surface area is 122 Å². The summed E-state index contributed by atoms with van der Waals surface area (Å²) in [6, 6.07) is 8.21. The molecule has 1 atom stereocenters. The lowest BCUT2D eigenvalue weighted by molar-refractivity contribution is -0.146. The first kappa shape index (κ1) is 16.1. The van der Waals surface area contributed by atoms with Gasteiger partial charge in [0.05, 0.1) is 18.2 Å². The predicted octanol–water partition coefficient (Wildman–Crippen LogP) is 0.872. The zero-order chi connectivity index (χ0) is 15.8. The Bertz CT molecular complexity index is 596. The SMILES string of the molecule is C#CCN(CC(=O)O)C(=O)C(C)Oc1ccc(C#N)cc1. The average Bonchev–Trinajstić information content (AvgIpc) is 2.46. The summed E-state index contributed by atoms with van der Waals surface area (Å²) in [5.74, 6) is 0.983.